The molecule has 0 aromatic heterocycles. The Morgan fingerprint density at radius 2 is 1.93 bits per heavy atom. The Hall–Kier alpha value is -0.870. The van der Waals surface area contributed by atoms with E-state index in [9.17, 15) is 4.79 Å². The van der Waals surface area contributed by atoms with Crippen LogP contribution in [0.2, 0.25) is 0 Å². The molecule has 4 heteroatoms. The number of carbonyl (C=O) groups excluding carboxylic acids is 1. The van der Waals surface area contributed by atoms with E-state index in [0.29, 0.717) is 25.0 Å². The van der Waals surface area contributed by atoms with Gasteiger partial charge in [-0.2, -0.15) is 0 Å². The third-order valence-corrected chi connectivity index (χ3v) is 1.69. The molecule has 0 aromatic rings. The summed E-state index contributed by atoms with van der Waals surface area (Å²) in [6, 6.07) is 0. The molecule has 4 nitrogen and oxygen atoms in total. The number of esters is 1. The lowest BCUT2D eigenvalue weighted by Crippen LogP contribution is -2.14. The van der Waals surface area contributed by atoms with E-state index in [1.54, 1.807) is 21.1 Å². The number of hydrogen-bond acceptors (Lipinski definition) is 4. The number of hydrogen-bond donors (Lipinski definition) is 0. The van der Waals surface area contributed by atoms with Crippen molar-refractivity contribution < 1.29 is 19.0 Å². The first-order chi connectivity index (χ1) is 6.61. The largest absolute Gasteiger partial charge is 0.462 e. The van der Waals surface area contributed by atoms with Crippen molar-refractivity contribution in [3.05, 3.63) is 12.2 Å². The number of methoxy groups -OCH3 is 2. The molecule has 0 aliphatic heterocycles. The van der Waals surface area contributed by atoms with Crippen molar-refractivity contribution in [1.29, 1.82) is 0 Å². The van der Waals surface area contributed by atoms with Crippen molar-refractivity contribution in [3.8, 4) is 0 Å². The van der Waals surface area contributed by atoms with Gasteiger partial charge in [-0.1, -0.05) is 6.58 Å². The van der Waals surface area contributed by atoms with E-state index in [4.69, 9.17) is 14.2 Å². The van der Waals surface area contributed by atoms with E-state index >= 15 is 0 Å². The van der Waals surface area contributed by atoms with Crippen molar-refractivity contribution in [2.24, 2.45) is 0 Å². The van der Waals surface area contributed by atoms with Crippen LogP contribution in [-0.2, 0) is 19.0 Å². The Bertz CT molecular complexity index is 185. The molecule has 0 spiro atoms. The molecule has 0 aliphatic rings. The van der Waals surface area contributed by atoms with Gasteiger partial charge in [0.1, 0.15) is 0 Å². The number of carbonyl (C=O) groups is 1. The van der Waals surface area contributed by atoms with Gasteiger partial charge in [0, 0.05) is 26.2 Å². The predicted octanol–water partition coefficient (Wildman–Crippen LogP) is 1.50. The molecule has 0 heterocycles. The average Bonchev–Trinajstić information content (AvgIpc) is 2.17. The zero-order chi connectivity index (χ0) is 11.0. The van der Waals surface area contributed by atoms with Crippen LogP contribution in [0.4, 0.5) is 0 Å². The quantitative estimate of drug-likeness (QED) is 0.271. The van der Waals surface area contributed by atoms with Crippen LogP contribution in [-0.4, -0.2) is 33.1 Å². The monoisotopic (exact) mass is 202 g/mol. The van der Waals surface area contributed by atoms with Crippen LogP contribution >= 0.6 is 0 Å². The highest BCUT2D eigenvalue weighted by molar-refractivity contribution is 5.86. The van der Waals surface area contributed by atoms with Crippen LogP contribution in [0.15, 0.2) is 12.2 Å². The second-order valence-electron chi connectivity index (χ2n) is 2.96. The Labute approximate surface area is 84.8 Å². The van der Waals surface area contributed by atoms with E-state index in [-0.39, 0.29) is 12.3 Å². The molecule has 0 unspecified atom stereocenters. The third kappa shape index (κ3) is 5.72. The minimum atomic E-state index is -0.351. The molecule has 0 amide bonds. The first-order valence-electron chi connectivity index (χ1n) is 4.50. The minimum absolute atomic E-state index is 0.224. The molecule has 0 N–H and O–H groups in total. The van der Waals surface area contributed by atoms with Crippen LogP contribution in [0, 0.1) is 0 Å². The van der Waals surface area contributed by atoms with Crippen molar-refractivity contribution in [3.63, 3.8) is 0 Å². The second kappa shape index (κ2) is 7.53. The lowest BCUT2D eigenvalue weighted by atomic mass is 10.3. The number of ether oxygens (including phenoxy) is 3. The highest BCUT2D eigenvalue weighted by atomic mass is 16.7. The fourth-order valence-electron chi connectivity index (χ4n) is 0.870. The van der Waals surface area contributed by atoms with Crippen molar-refractivity contribution >= 4 is 5.97 Å². The van der Waals surface area contributed by atoms with E-state index in [2.05, 4.69) is 6.58 Å². The molecule has 0 aliphatic carbocycles. The Morgan fingerprint density at radius 1 is 1.36 bits per heavy atom. The number of rotatable bonds is 7. The van der Waals surface area contributed by atoms with Crippen molar-refractivity contribution in [1.82, 2.24) is 0 Å². The fourth-order valence-corrected chi connectivity index (χ4v) is 0.870. The molecule has 14 heavy (non-hydrogen) atoms. The van der Waals surface area contributed by atoms with Gasteiger partial charge in [0.25, 0.3) is 0 Å². The molecule has 0 saturated heterocycles. The van der Waals surface area contributed by atoms with Gasteiger partial charge in [-0.05, 0) is 13.3 Å². The summed E-state index contributed by atoms with van der Waals surface area (Å²) >= 11 is 0. The maximum absolute atomic E-state index is 10.9. The highest BCUT2D eigenvalue weighted by Gasteiger charge is 2.06. The summed E-state index contributed by atoms with van der Waals surface area (Å²) in [5.74, 6) is -0.351. The highest BCUT2D eigenvalue weighted by Crippen LogP contribution is 2.02. The smallest absolute Gasteiger partial charge is 0.333 e. The van der Waals surface area contributed by atoms with Crippen LogP contribution in [0.25, 0.3) is 0 Å². The molecule has 0 radical (unpaired) electrons. The summed E-state index contributed by atoms with van der Waals surface area (Å²) in [7, 11) is 3.15. The maximum Gasteiger partial charge on any atom is 0.333 e. The van der Waals surface area contributed by atoms with Gasteiger partial charge in [-0.3, -0.25) is 0 Å². The zero-order valence-corrected chi connectivity index (χ0v) is 9.04. The predicted molar refractivity (Wildman–Crippen MR) is 52.8 cm³/mol. The van der Waals surface area contributed by atoms with Crippen molar-refractivity contribution in [2.75, 3.05) is 20.8 Å². The van der Waals surface area contributed by atoms with E-state index in [0.717, 1.165) is 0 Å². The normalized spacial score (nSPS) is 10.3. The van der Waals surface area contributed by atoms with E-state index < -0.39 is 0 Å². The molecular formula is C10H18O4. The van der Waals surface area contributed by atoms with Crippen LogP contribution in [0.5, 0.6) is 0 Å². The second-order valence-corrected chi connectivity index (χ2v) is 2.96. The van der Waals surface area contributed by atoms with Crippen LogP contribution in [0.1, 0.15) is 19.8 Å². The summed E-state index contributed by atoms with van der Waals surface area (Å²) in [6.07, 6.45) is 1.19. The Balaban J connectivity index is 3.46. The van der Waals surface area contributed by atoms with Gasteiger partial charge in [0.05, 0.1) is 6.61 Å². The molecular weight excluding hydrogens is 184 g/mol. The molecule has 82 valence electrons. The third-order valence-electron chi connectivity index (χ3n) is 1.69. The van der Waals surface area contributed by atoms with E-state index in [1.165, 1.54) is 0 Å². The summed E-state index contributed by atoms with van der Waals surface area (Å²) < 4.78 is 14.8. The summed E-state index contributed by atoms with van der Waals surface area (Å²) in [5.41, 5.74) is 0.417. The molecule has 0 bridgehead atoms. The summed E-state index contributed by atoms with van der Waals surface area (Å²) in [4.78, 5) is 10.9. The molecule has 0 aromatic carbocycles. The fraction of sp³-hybridized carbons (Fsp3) is 0.700. The van der Waals surface area contributed by atoms with Gasteiger partial charge < -0.3 is 14.2 Å². The molecule has 0 rings (SSSR count). The summed E-state index contributed by atoms with van der Waals surface area (Å²) in [5, 5.41) is 0. The maximum atomic E-state index is 10.9. The van der Waals surface area contributed by atoms with Gasteiger partial charge >= 0.3 is 5.97 Å². The van der Waals surface area contributed by atoms with Crippen LogP contribution < -0.4 is 0 Å². The van der Waals surface area contributed by atoms with E-state index in [1.807, 2.05) is 0 Å². The Kier molecular flexibility index (Phi) is 7.06. The average molecular weight is 202 g/mol. The molecule has 0 saturated carbocycles. The summed E-state index contributed by atoms with van der Waals surface area (Å²) in [6.45, 7) is 5.47. The van der Waals surface area contributed by atoms with Gasteiger partial charge in [-0.25, -0.2) is 4.79 Å². The first kappa shape index (κ1) is 13.1. The van der Waals surface area contributed by atoms with Gasteiger partial charge in [0.2, 0.25) is 0 Å². The zero-order valence-electron chi connectivity index (χ0n) is 9.04. The topological polar surface area (TPSA) is 44.8 Å². The Morgan fingerprint density at radius 3 is 2.36 bits per heavy atom. The first-order valence-corrected chi connectivity index (χ1v) is 4.50. The standard InChI is InChI=1S/C10H18O4/c1-8(2)10(11)14-7-5-6-9(12-3)13-4/h9H,1,5-7H2,2-4H3. The lowest BCUT2D eigenvalue weighted by Gasteiger charge is -2.12. The minimum Gasteiger partial charge on any atom is -0.462 e. The van der Waals surface area contributed by atoms with Crippen LogP contribution in [0.3, 0.4) is 0 Å². The van der Waals surface area contributed by atoms with Crippen molar-refractivity contribution in [2.45, 2.75) is 26.1 Å². The SMILES string of the molecule is C=C(C)C(=O)OCCCC(OC)OC. The molecule has 0 atom stereocenters. The van der Waals surface area contributed by atoms with Gasteiger partial charge in [0.15, 0.2) is 6.29 Å². The lowest BCUT2D eigenvalue weighted by molar-refractivity contribution is -0.140. The molecule has 0 fully saturated rings. The van der Waals surface area contributed by atoms with Gasteiger partial charge in [-0.15, -0.1) is 0 Å².